The van der Waals surface area contributed by atoms with E-state index in [0.717, 1.165) is 11.4 Å². The number of carbonyl (C=O) groups is 1. The van der Waals surface area contributed by atoms with Crippen molar-refractivity contribution in [3.8, 4) is 5.75 Å². The van der Waals surface area contributed by atoms with Crippen molar-refractivity contribution in [2.24, 2.45) is 0 Å². The molecule has 0 saturated carbocycles. The van der Waals surface area contributed by atoms with Crippen LogP contribution in [0.15, 0.2) is 47.4 Å². The summed E-state index contributed by atoms with van der Waals surface area (Å²) in [7, 11) is 0. The maximum atomic E-state index is 12.7. The molecule has 0 unspecified atom stereocenters. The van der Waals surface area contributed by atoms with Gasteiger partial charge in [-0.2, -0.15) is 0 Å². The third-order valence-corrected chi connectivity index (χ3v) is 4.07. The van der Waals surface area contributed by atoms with Gasteiger partial charge in [0.1, 0.15) is 17.0 Å². The van der Waals surface area contributed by atoms with Gasteiger partial charge in [0.15, 0.2) is 0 Å². The second-order valence-electron chi connectivity index (χ2n) is 5.89. The highest BCUT2D eigenvalue weighted by atomic mass is 16.5. The summed E-state index contributed by atoms with van der Waals surface area (Å²) < 4.78 is 7.20. The second kappa shape index (κ2) is 7.39. The number of carbonyl (C=O) groups excluding carboxylic acids is 1. The summed E-state index contributed by atoms with van der Waals surface area (Å²) in [4.78, 5) is 29.8. The monoisotopic (exact) mass is 351 g/mol. The number of hydrogen-bond acceptors (Lipinski definition) is 4. The van der Waals surface area contributed by atoms with Gasteiger partial charge >= 0.3 is 0 Å². The van der Waals surface area contributed by atoms with Gasteiger partial charge < -0.3 is 14.6 Å². The topological polar surface area (TPSA) is 73.2 Å². The Labute approximate surface area is 151 Å². The Morgan fingerprint density at radius 2 is 1.88 bits per heavy atom. The normalized spacial score (nSPS) is 10.7. The molecule has 0 spiro atoms. The number of nitrogens with zero attached hydrogens (tertiary/aromatic N) is 2. The van der Waals surface area contributed by atoms with Crippen LogP contribution in [-0.2, 0) is 6.54 Å². The molecule has 6 heteroatoms. The van der Waals surface area contributed by atoms with Crippen LogP contribution in [0.4, 0.5) is 5.69 Å². The van der Waals surface area contributed by atoms with Crippen LogP contribution in [0.5, 0.6) is 5.75 Å². The lowest BCUT2D eigenvalue weighted by atomic mass is 10.1. The third kappa shape index (κ3) is 3.44. The van der Waals surface area contributed by atoms with Gasteiger partial charge in [-0.3, -0.25) is 9.59 Å². The lowest BCUT2D eigenvalue weighted by Crippen LogP contribution is -2.24. The Hall–Kier alpha value is -3.15. The Kier molecular flexibility index (Phi) is 5.02. The molecule has 0 saturated heterocycles. The molecule has 0 fully saturated rings. The summed E-state index contributed by atoms with van der Waals surface area (Å²) in [6, 6.07) is 10.5. The maximum Gasteiger partial charge on any atom is 0.261 e. The van der Waals surface area contributed by atoms with Crippen molar-refractivity contribution in [2.75, 3.05) is 11.9 Å². The number of benzene rings is 1. The highest BCUT2D eigenvalue weighted by molar-refractivity contribution is 6.05. The number of amides is 1. The number of pyridine rings is 2. The molecule has 0 aliphatic rings. The third-order valence-electron chi connectivity index (χ3n) is 4.07. The van der Waals surface area contributed by atoms with Gasteiger partial charge in [0, 0.05) is 24.1 Å². The second-order valence-corrected chi connectivity index (χ2v) is 5.89. The zero-order chi connectivity index (χ0) is 18.7. The SMILES string of the molecule is CCOc1ccc(NC(=O)c2cn(CC)c3nc(C)ccc3c2=O)cc1. The number of rotatable bonds is 5. The smallest absolute Gasteiger partial charge is 0.261 e. The molecule has 0 radical (unpaired) electrons. The van der Waals surface area contributed by atoms with Crippen molar-refractivity contribution in [1.82, 2.24) is 9.55 Å². The molecule has 2 aromatic heterocycles. The number of ether oxygens (including phenoxy) is 1. The van der Waals surface area contributed by atoms with Gasteiger partial charge in [-0.25, -0.2) is 4.98 Å². The first-order valence-corrected chi connectivity index (χ1v) is 8.58. The van der Waals surface area contributed by atoms with Gasteiger partial charge in [0.05, 0.1) is 12.0 Å². The Morgan fingerprint density at radius 1 is 1.15 bits per heavy atom. The van der Waals surface area contributed by atoms with Crippen LogP contribution in [0.3, 0.4) is 0 Å². The van der Waals surface area contributed by atoms with Crippen molar-refractivity contribution in [2.45, 2.75) is 27.3 Å². The van der Waals surface area contributed by atoms with E-state index in [1.54, 1.807) is 42.6 Å². The van der Waals surface area contributed by atoms with Crippen LogP contribution >= 0.6 is 0 Å². The molecule has 6 nitrogen and oxygen atoms in total. The molecule has 134 valence electrons. The summed E-state index contributed by atoms with van der Waals surface area (Å²) in [5.41, 5.74) is 1.79. The van der Waals surface area contributed by atoms with Crippen LogP contribution in [0.1, 0.15) is 29.9 Å². The van der Waals surface area contributed by atoms with E-state index in [0.29, 0.717) is 29.9 Å². The summed E-state index contributed by atoms with van der Waals surface area (Å²) in [6.45, 7) is 6.91. The average Bonchev–Trinajstić information content (AvgIpc) is 2.63. The number of fused-ring (bicyclic) bond motifs is 1. The van der Waals surface area contributed by atoms with Gasteiger partial charge in [0.25, 0.3) is 5.91 Å². The van der Waals surface area contributed by atoms with E-state index >= 15 is 0 Å². The zero-order valence-electron chi connectivity index (χ0n) is 15.1. The van der Waals surface area contributed by atoms with Crippen LogP contribution < -0.4 is 15.5 Å². The average molecular weight is 351 g/mol. The maximum absolute atomic E-state index is 12.7. The van der Waals surface area contributed by atoms with Crippen molar-refractivity contribution >= 4 is 22.6 Å². The van der Waals surface area contributed by atoms with E-state index in [-0.39, 0.29) is 11.0 Å². The van der Waals surface area contributed by atoms with Crippen LogP contribution in [0.2, 0.25) is 0 Å². The minimum Gasteiger partial charge on any atom is -0.494 e. The van der Waals surface area contributed by atoms with Crippen molar-refractivity contribution < 1.29 is 9.53 Å². The largest absolute Gasteiger partial charge is 0.494 e. The Bertz CT molecular complexity index is 1010. The van der Waals surface area contributed by atoms with E-state index in [1.165, 1.54) is 0 Å². The lowest BCUT2D eigenvalue weighted by molar-refractivity contribution is 0.102. The van der Waals surface area contributed by atoms with Crippen LogP contribution in [0.25, 0.3) is 11.0 Å². The van der Waals surface area contributed by atoms with E-state index in [4.69, 9.17) is 4.74 Å². The Morgan fingerprint density at radius 3 is 2.54 bits per heavy atom. The predicted octanol–water partition coefficient (Wildman–Crippen LogP) is 3.38. The first-order chi connectivity index (χ1) is 12.5. The van der Waals surface area contributed by atoms with Gasteiger partial charge in [-0.1, -0.05) is 0 Å². The number of hydrogen-bond donors (Lipinski definition) is 1. The van der Waals surface area contributed by atoms with Crippen molar-refractivity contribution in [3.63, 3.8) is 0 Å². The van der Waals surface area contributed by atoms with Gasteiger partial charge in [-0.15, -0.1) is 0 Å². The lowest BCUT2D eigenvalue weighted by Gasteiger charge is -2.12. The molecular formula is C20H21N3O3. The summed E-state index contributed by atoms with van der Waals surface area (Å²) >= 11 is 0. The molecule has 0 bridgehead atoms. The highest BCUT2D eigenvalue weighted by Crippen LogP contribution is 2.17. The van der Waals surface area contributed by atoms with Crippen molar-refractivity contribution in [3.05, 3.63) is 64.1 Å². The molecule has 0 aliphatic carbocycles. The van der Waals surface area contributed by atoms with E-state index < -0.39 is 5.91 Å². The minimum atomic E-state index is -0.441. The molecule has 26 heavy (non-hydrogen) atoms. The summed E-state index contributed by atoms with van der Waals surface area (Å²) in [5.74, 6) is 0.287. The first-order valence-electron chi connectivity index (χ1n) is 8.58. The molecule has 2 heterocycles. The first kappa shape index (κ1) is 17.7. The fourth-order valence-electron chi connectivity index (χ4n) is 2.76. The van der Waals surface area contributed by atoms with E-state index in [1.807, 2.05) is 25.3 Å². The molecule has 1 N–H and O–H groups in total. The number of aromatic nitrogens is 2. The fourth-order valence-corrected chi connectivity index (χ4v) is 2.76. The number of nitrogens with one attached hydrogen (secondary N) is 1. The molecule has 1 amide bonds. The molecule has 0 aliphatic heterocycles. The summed E-state index contributed by atoms with van der Waals surface area (Å²) in [5, 5.41) is 3.21. The molecule has 3 rings (SSSR count). The minimum absolute atomic E-state index is 0.0962. The number of aryl methyl sites for hydroxylation is 2. The highest BCUT2D eigenvalue weighted by Gasteiger charge is 2.16. The van der Waals surface area contributed by atoms with E-state index in [9.17, 15) is 9.59 Å². The van der Waals surface area contributed by atoms with Crippen LogP contribution in [0, 0.1) is 6.92 Å². The zero-order valence-corrected chi connectivity index (χ0v) is 15.1. The van der Waals surface area contributed by atoms with E-state index in [2.05, 4.69) is 10.3 Å². The number of anilines is 1. The molecule has 1 aromatic carbocycles. The quantitative estimate of drug-likeness (QED) is 0.765. The van der Waals surface area contributed by atoms with Crippen molar-refractivity contribution in [1.29, 1.82) is 0 Å². The van der Waals surface area contributed by atoms with Crippen LogP contribution in [-0.4, -0.2) is 22.1 Å². The predicted molar refractivity (Wildman–Crippen MR) is 102 cm³/mol. The standard InChI is InChI=1S/C20H21N3O3/c1-4-23-12-17(18(24)16-11-6-13(3)21-19(16)23)20(25)22-14-7-9-15(10-8-14)26-5-2/h6-12H,4-5H2,1-3H3,(H,22,25). The molecule has 3 aromatic rings. The Balaban J connectivity index is 1.96. The molecule has 0 atom stereocenters. The van der Waals surface area contributed by atoms with Gasteiger partial charge in [0.2, 0.25) is 5.43 Å². The van der Waals surface area contributed by atoms with Gasteiger partial charge in [-0.05, 0) is 57.2 Å². The fraction of sp³-hybridized carbons (Fsp3) is 0.250. The molecular weight excluding hydrogens is 330 g/mol. The summed E-state index contributed by atoms with van der Waals surface area (Å²) in [6.07, 6.45) is 1.57.